The number of rotatable bonds is 38. The second-order valence-corrected chi connectivity index (χ2v) is 20.5. The van der Waals surface area contributed by atoms with Gasteiger partial charge in [0, 0.05) is 29.9 Å². The minimum Gasteiger partial charge on any atom is -0.481 e. The number of carboxylic acids is 4. The molecular weight excluding hydrogens is 1090 g/mol. The topological polar surface area (TPSA) is 522 Å². The van der Waals surface area contributed by atoms with Crippen molar-refractivity contribution in [3.8, 4) is 0 Å². The number of benzene rings is 1. The summed E-state index contributed by atoms with van der Waals surface area (Å²) in [6.45, 7) is 8.78. The Bertz CT molecular complexity index is 2660. The van der Waals surface area contributed by atoms with Crippen molar-refractivity contribution in [3.05, 3.63) is 36.0 Å². The monoisotopic (exact) mass is 1170 g/mol. The minimum atomic E-state index is -1.98. The molecule has 0 fully saturated rings. The molecule has 1 aromatic carbocycles. The number of para-hydroxylation sites is 1. The highest BCUT2D eigenvalue weighted by atomic mass is 16.4. The molecule has 0 aliphatic heterocycles. The van der Waals surface area contributed by atoms with E-state index in [1.807, 2.05) is 0 Å². The average Bonchev–Trinajstić information content (AvgIpc) is 4.03. The molecule has 0 saturated heterocycles. The molecule has 0 spiro atoms. The Balaban J connectivity index is 2.34. The number of carboxylic acid groups (broad SMARTS) is 4. The van der Waals surface area contributed by atoms with E-state index in [2.05, 4.69) is 52.8 Å². The fourth-order valence-electron chi connectivity index (χ4n) is 8.20. The molecule has 0 aliphatic carbocycles. The SMILES string of the molecule is CC[C@H](C)[C@H](NC(=O)CNC(=O)[C@@H](NC(=O)[C@H](CC(=O)O)NC(=O)[C@@H](N)CCCCN)C(C)C)C(=O)N[C@@H](CCC(N)=O)C(=O)N[C@H](C(=O)N[C@@H](CC(=O)O)C(=O)N[C@@H](Cc1c[nH]c2ccccc12)C(=O)N[C@@H](CC(=O)O)C(=O)O)C(C)C. The zero-order valence-corrected chi connectivity index (χ0v) is 47.0. The second kappa shape index (κ2) is 34.5. The van der Waals surface area contributed by atoms with Gasteiger partial charge in [-0.15, -0.1) is 0 Å². The Morgan fingerprint density at radius 2 is 1.01 bits per heavy atom. The van der Waals surface area contributed by atoms with Gasteiger partial charge in [0.2, 0.25) is 59.1 Å². The third-order valence-corrected chi connectivity index (χ3v) is 13.1. The van der Waals surface area contributed by atoms with Crippen LogP contribution in [-0.2, 0) is 73.5 Å². The van der Waals surface area contributed by atoms with E-state index in [9.17, 15) is 87.5 Å². The lowest BCUT2D eigenvalue weighted by atomic mass is 9.97. The van der Waals surface area contributed by atoms with Crippen LogP contribution in [0.5, 0.6) is 0 Å². The number of aromatic amines is 1. The first kappa shape index (κ1) is 70.4. The second-order valence-electron chi connectivity index (χ2n) is 20.5. The summed E-state index contributed by atoms with van der Waals surface area (Å²) in [5, 5.41) is 59.8. The van der Waals surface area contributed by atoms with Crippen LogP contribution in [0.4, 0.5) is 0 Å². The predicted octanol–water partition coefficient (Wildman–Crippen LogP) is -3.71. The van der Waals surface area contributed by atoms with Crippen molar-refractivity contribution in [1.82, 2.24) is 52.8 Å². The quantitative estimate of drug-likeness (QED) is 0.0288. The summed E-state index contributed by atoms with van der Waals surface area (Å²) >= 11 is 0. The van der Waals surface area contributed by atoms with Crippen molar-refractivity contribution in [2.75, 3.05) is 13.1 Å². The van der Waals surface area contributed by atoms with Crippen LogP contribution < -0.4 is 65.1 Å². The molecule has 2 rings (SSSR count). The number of primary amides is 1. The maximum Gasteiger partial charge on any atom is 0.326 e. The summed E-state index contributed by atoms with van der Waals surface area (Å²) in [7, 11) is 0. The van der Waals surface area contributed by atoms with Gasteiger partial charge in [-0.1, -0.05) is 72.6 Å². The van der Waals surface area contributed by atoms with E-state index in [1.165, 1.54) is 33.9 Å². The predicted molar refractivity (Wildman–Crippen MR) is 293 cm³/mol. The molecule has 0 radical (unpaired) electrons. The van der Waals surface area contributed by atoms with Gasteiger partial charge in [-0.2, -0.15) is 0 Å². The third-order valence-electron chi connectivity index (χ3n) is 13.1. The normalized spacial score (nSPS) is 14.8. The Labute approximate surface area is 477 Å². The van der Waals surface area contributed by atoms with Crippen LogP contribution in [0.2, 0.25) is 0 Å². The molecule has 0 saturated carbocycles. The molecule has 0 aliphatic rings. The maximum absolute atomic E-state index is 14.1. The molecule has 10 amide bonds. The standard InChI is InChI=1S/C52H79N13O18/c1-7-26(6)43(63-37(67)23-57-49(79)41(24(2)3)64-48(78)34(20-39(70)71)59-44(74)29(54)13-10-11-17-53)51(81)58-31(15-16-36(55)66)45(75)65-42(25(4)5)50(80)61-33(19-38(68)69)47(77)60-32(46(76)62-35(52(82)83)21-40(72)73)18-27-22-56-30-14-9-8-12-28(27)30/h8-9,12,14,22,24-26,29,31-35,41-43,56H,7,10-11,13,15-21,23,53-54H2,1-6H3,(H2,55,66)(H,57,79)(H,58,81)(H,59,74)(H,60,77)(H,61,80)(H,62,76)(H,63,67)(H,64,78)(H,65,75)(H,68,69)(H,70,71)(H,72,73)(H,82,83)/t26-,29-,31-,32-,33-,34-,35-,41-,42-,43-/m0/s1. The van der Waals surface area contributed by atoms with E-state index in [1.54, 1.807) is 38.1 Å². The number of aliphatic carboxylic acids is 4. The molecule has 460 valence electrons. The van der Waals surface area contributed by atoms with E-state index >= 15 is 0 Å². The first-order valence-electron chi connectivity index (χ1n) is 26.8. The van der Waals surface area contributed by atoms with Crippen LogP contribution >= 0.6 is 0 Å². The smallest absolute Gasteiger partial charge is 0.326 e. The van der Waals surface area contributed by atoms with Crippen molar-refractivity contribution < 1.29 is 87.5 Å². The number of fused-ring (bicyclic) bond motifs is 1. The molecule has 0 bridgehead atoms. The number of H-pyrrole nitrogens is 1. The molecule has 1 heterocycles. The number of nitrogens with one attached hydrogen (secondary N) is 10. The Morgan fingerprint density at radius 3 is 1.54 bits per heavy atom. The highest BCUT2D eigenvalue weighted by molar-refractivity contribution is 6.00. The molecule has 31 nitrogen and oxygen atoms in total. The molecule has 83 heavy (non-hydrogen) atoms. The zero-order chi connectivity index (χ0) is 62.8. The van der Waals surface area contributed by atoms with E-state index < -0.39 is 194 Å². The minimum absolute atomic E-state index is 0.199. The lowest BCUT2D eigenvalue weighted by molar-refractivity contribution is -0.147. The van der Waals surface area contributed by atoms with E-state index in [-0.39, 0.29) is 19.3 Å². The molecule has 20 N–H and O–H groups in total. The van der Waals surface area contributed by atoms with Crippen molar-refractivity contribution >= 4 is 93.9 Å². The van der Waals surface area contributed by atoms with Gasteiger partial charge >= 0.3 is 23.9 Å². The first-order chi connectivity index (χ1) is 38.9. The van der Waals surface area contributed by atoms with Crippen LogP contribution in [0.25, 0.3) is 10.9 Å². The fraction of sp³-hybridized carbons (Fsp3) is 0.577. The number of carbonyl (C=O) groups excluding carboxylic acids is 10. The molecule has 31 heteroatoms. The summed E-state index contributed by atoms with van der Waals surface area (Å²) in [4.78, 5) is 185. The summed E-state index contributed by atoms with van der Waals surface area (Å²) < 4.78 is 0. The zero-order valence-electron chi connectivity index (χ0n) is 47.0. The number of hydrogen-bond acceptors (Lipinski definition) is 16. The number of nitrogens with two attached hydrogens (primary N) is 3. The first-order valence-corrected chi connectivity index (χ1v) is 26.8. The molecule has 10 atom stereocenters. The Kier molecular flexibility index (Phi) is 29.3. The van der Waals surface area contributed by atoms with Gasteiger partial charge in [-0.25, -0.2) is 4.79 Å². The fourth-order valence-corrected chi connectivity index (χ4v) is 8.20. The van der Waals surface area contributed by atoms with E-state index in [0.717, 1.165) is 0 Å². The Hall–Kier alpha value is -8.74. The number of hydrogen-bond donors (Lipinski definition) is 17. The van der Waals surface area contributed by atoms with Crippen LogP contribution in [-0.4, -0.2) is 176 Å². The largest absolute Gasteiger partial charge is 0.481 e. The van der Waals surface area contributed by atoms with E-state index in [4.69, 9.17) is 17.2 Å². The van der Waals surface area contributed by atoms with Crippen LogP contribution in [0.1, 0.15) is 105 Å². The number of amides is 10. The van der Waals surface area contributed by atoms with Crippen LogP contribution in [0.15, 0.2) is 30.5 Å². The maximum atomic E-state index is 14.1. The van der Waals surface area contributed by atoms with Crippen molar-refractivity contribution in [1.29, 1.82) is 0 Å². The Morgan fingerprint density at radius 1 is 0.542 bits per heavy atom. The molecule has 2 aromatic rings. The summed E-state index contributed by atoms with van der Waals surface area (Å²) in [5.41, 5.74) is 17.8. The number of carbonyl (C=O) groups is 14. The van der Waals surface area contributed by atoms with Gasteiger partial charge in [0.25, 0.3) is 0 Å². The third kappa shape index (κ3) is 24.1. The van der Waals surface area contributed by atoms with Crippen molar-refractivity contribution in [2.24, 2.45) is 35.0 Å². The summed E-state index contributed by atoms with van der Waals surface area (Å²) in [5.74, 6) is -18.8. The summed E-state index contributed by atoms with van der Waals surface area (Å²) in [6.07, 6.45) is -1.33. The average molecular weight is 1170 g/mol. The van der Waals surface area contributed by atoms with Crippen molar-refractivity contribution in [3.63, 3.8) is 0 Å². The van der Waals surface area contributed by atoms with Crippen LogP contribution in [0.3, 0.4) is 0 Å². The van der Waals surface area contributed by atoms with Gasteiger partial charge in [-0.3, -0.25) is 62.3 Å². The van der Waals surface area contributed by atoms with Gasteiger partial charge in [0.15, 0.2) is 0 Å². The molecule has 0 unspecified atom stereocenters. The van der Waals surface area contributed by atoms with Crippen LogP contribution in [0, 0.1) is 17.8 Å². The van der Waals surface area contributed by atoms with Gasteiger partial charge in [0.05, 0.1) is 31.8 Å². The van der Waals surface area contributed by atoms with Crippen molar-refractivity contribution in [2.45, 2.75) is 160 Å². The summed E-state index contributed by atoms with van der Waals surface area (Å²) in [6, 6.07) is -7.68. The highest BCUT2D eigenvalue weighted by Crippen LogP contribution is 2.20. The number of unbranched alkanes of at least 4 members (excludes halogenated alkanes) is 1. The molecule has 1 aromatic heterocycles. The lowest BCUT2D eigenvalue weighted by Gasteiger charge is -2.29. The van der Waals surface area contributed by atoms with Gasteiger partial charge in [-0.05, 0) is 55.2 Å². The number of aromatic nitrogens is 1. The van der Waals surface area contributed by atoms with Gasteiger partial charge < -0.3 is 90.5 Å². The highest BCUT2D eigenvalue weighted by Gasteiger charge is 2.37. The lowest BCUT2D eigenvalue weighted by Crippen LogP contribution is -2.61. The molecular formula is C52H79N13O18. The van der Waals surface area contributed by atoms with Gasteiger partial charge in [0.1, 0.15) is 48.3 Å². The van der Waals surface area contributed by atoms with E-state index in [0.29, 0.717) is 35.9 Å².